The summed E-state index contributed by atoms with van der Waals surface area (Å²) in [4.78, 5) is 0. The molecule has 0 bridgehead atoms. The third-order valence-corrected chi connectivity index (χ3v) is 2.17. The molecule has 16 heavy (non-hydrogen) atoms. The van der Waals surface area contributed by atoms with Crippen molar-refractivity contribution < 1.29 is 14.6 Å². The van der Waals surface area contributed by atoms with Crippen LogP contribution in [0.4, 0.5) is 0 Å². The molecule has 1 aromatic rings. The molecule has 0 aliphatic carbocycles. The molecular formula is C13H18O3. The minimum absolute atomic E-state index is 0.0693. The maximum absolute atomic E-state index is 9.24. The van der Waals surface area contributed by atoms with E-state index < -0.39 is 0 Å². The molecule has 1 atom stereocenters. The normalized spacial score (nSPS) is 11.9. The average molecular weight is 222 g/mol. The molecule has 0 aromatic heterocycles. The van der Waals surface area contributed by atoms with Crippen LogP contribution in [-0.4, -0.2) is 17.8 Å². The van der Waals surface area contributed by atoms with E-state index in [1.807, 2.05) is 32.0 Å². The van der Waals surface area contributed by atoms with Gasteiger partial charge in [-0.3, -0.25) is 0 Å². The molecule has 1 aromatic carbocycles. The van der Waals surface area contributed by atoms with Crippen LogP contribution in [0.15, 0.2) is 30.9 Å². The number of hydrogen-bond acceptors (Lipinski definition) is 3. The molecule has 0 aliphatic rings. The molecule has 1 unspecified atom stereocenters. The van der Waals surface area contributed by atoms with Gasteiger partial charge in [0.2, 0.25) is 0 Å². The molecule has 0 heterocycles. The highest BCUT2D eigenvalue weighted by Gasteiger charge is 2.12. The summed E-state index contributed by atoms with van der Waals surface area (Å²) in [5, 5.41) is 9.24. The monoisotopic (exact) mass is 222 g/mol. The van der Waals surface area contributed by atoms with Gasteiger partial charge in [0.15, 0.2) is 11.5 Å². The summed E-state index contributed by atoms with van der Waals surface area (Å²) in [6, 6.07) is 5.48. The number of hydrogen-bond donors (Lipinski definition) is 1. The highest BCUT2D eigenvalue weighted by molar-refractivity contribution is 5.46. The van der Waals surface area contributed by atoms with E-state index in [2.05, 4.69) is 6.58 Å². The van der Waals surface area contributed by atoms with E-state index in [0.29, 0.717) is 18.1 Å². The van der Waals surface area contributed by atoms with Gasteiger partial charge >= 0.3 is 0 Å². The van der Waals surface area contributed by atoms with Gasteiger partial charge in [0.25, 0.3) is 0 Å². The molecule has 0 saturated carbocycles. The second-order valence-electron chi connectivity index (χ2n) is 3.39. The van der Waals surface area contributed by atoms with Crippen LogP contribution in [0.25, 0.3) is 0 Å². The summed E-state index contributed by atoms with van der Waals surface area (Å²) in [6.07, 6.45) is 1.58. The van der Waals surface area contributed by atoms with Gasteiger partial charge in [-0.15, -0.1) is 0 Å². The number of aliphatic hydroxyl groups excluding tert-OH is 1. The fraction of sp³-hybridized carbons (Fsp3) is 0.385. The van der Waals surface area contributed by atoms with E-state index in [1.54, 1.807) is 6.08 Å². The SMILES string of the molecule is C=CC(C)Oc1c(CO)cccc1OCC. The highest BCUT2D eigenvalue weighted by atomic mass is 16.5. The molecule has 0 amide bonds. The Balaban J connectivity index is 3.03. The van der Waals surface area contributed by atoms with Gasteiger partial charge in [0.05, 0.1) is 13.2 Å². The largest absolute Gasteiger partial charge is 0.490 e. The molecule has 1 N–H and O–H groups in total. The van der Waals surface area contributed by atoms with E-state index in [9.17, 15) is 5.11 Å². The number of aliphatic hydroxyl groups is 1. The van der Waals surface area contributed by atoms with Gasteiger partial charge < -0.3 is 14.6 Å². The van der Waals surface area contributed by atoms with Gasteiger partial charge in [-0.1, -0.05) is 24.8 Å². The van der Waals surface area contributed by atoms with Crippen molar-refractivity contribution in [2.24, 2.45) is 0 Å². The maximum Gasteiger partial charge on any atom is 0.167 e. The van der Waals surface area contributed by atoms with Crippen molar-refractivity contribution in [2.75, 3.05) is 6.61 Å². The topological polar surface area (TPSA) is 38.7 Å². The molecule has 0 radical (unpaired) electrons. The predicted octanol–water partition coefficient (Wildman–Crippen LogP) is 2.53. The molecule has 0 fully saturated rings. The summed E-state index contributed by atoms with van der Waals surface area (Å²) in [5.74, 6) is 1.25. The van der Waals surface area contributed by atoms with Crippen molar-refractivity contribution in [2.45, 2.75) is 26.6 Å². The third-order valence-electron chi connectivity index (χ3n) is 2.17. The van der Waals surface area contributed by atoms with Gasteiger partial charge in [-0.05, 0) is 19.9 Å². The van der Waals surface area contributed by atoms with Crippen molar-refractivity contribution >= 4 is 0 Å². The molecular weight excluding hydrogens is 204 g/mol. The molecule has 3 heteroatoms. The Kier molecular flexibility index (Phi) is 4.86. The summed E-state index contributed by atoms with van der Waals surface area (Å²) < 4.78 is 11.1. The van der Waals surface area contributed by atoms with E-state index in [4.69, 9.17) is 9.47 Å². The van der Waals surface area contributed by atoms with Crippen LogP contribution in [-0.2, 0) is 6.61 Å². The Labute approximate surface area is 96.3 Å². The first-order valence-corrected chi connectivity index (χ1v) is 5.37. The molecule has 0 aliphatic heterocycles. The lowest BCUT2D eigenvalue weighted by Gasteiger charge is -2.17. The second kappa shape index (κ2) is 6.18. The number of rotatable bonds is 6. The smallest absolute Gasteiger partial charge is 0.167 e. The lowest BCUT2D eigenvalue weighted by Crippen LogP contribution is -2.10. The zero-order valence-corrected chi connectivity index (χ0v) is 9.77. The summed E-state index contributed by atoms with van der Waals surface area (Å²) in [6.45, 7) is 7.95. The summed E-state index contributed by atoms with van der Waals surface area (Å²) in [5.41, 5.74) is 0.722. The van der Waals surface area contributed by atoms with Crippen molar-refractivity contribution in [1.29, 1.82) is 0 Å². The lowest BCUT2D eigenvalue weighted by molar-refractivity contribution is 0.227. The first kappa shape index (κ1) is 12.6. The van der Waals surface area contributed by atoms with Gasteiger partial charge in [-0.2, -0.15) is 0 Å². The number of para-hydroxylation sites is 1. The molecule has 88 valence electrons. The van der Waals surface area contributed by atoms with E-state index in [0.717, 1.165) is 5.56 Å². The standard InChI is InChI=1S/C13H18O3/c1-4-10(3)16-13-11(9-14)7-6-8-12(13)15-5-2/h4,6-8,10,14H,1,5,9H2,2-3H3. The molecule has 0 spiro atoms. The average Bonchev–Trinajstić information content (AvgIpc) is 2.31. The van der Waals surface area contributed by atoms with Crippen LogP contribution < -0.4 is 9.47 Å². The minimum atomic E-state index is -0.119. The Bertz CT molecular complexity index is 347. The van der Waals surface area contributed by atoms with Gasteiger partial charge in [-0.25, -0.2) is 0 Å². The number of ether oxygens (including phenoxy) is 2. The van der Waals surface area contributed by atoms with Crippen LogP contribution in [0, 0.1) is 0 Å². The van der Waals surface area contributed by atoms with E-state index >= 15 is 0 Å². The Morgan fingerprint density at radius 3 is 2.81 bits per heavy atom. The number of benzene rings is 1. The van der Waals surface area contributed by atoms with Crippen LogP contribution in [0.2, 0.25) is 0 Å². The first-order valence-electron chi connectivity index (χ1n) is 5.37. The van der Waals surface area contributed by atoms with Crippen molar-refractivity contribution in [3.05, 3.63) is 36.4 Å². The first-order chi connectivity index (χ1) is 7.72. The second-order valence-corrected chi connectivity index (χ2v) is 3.39. The fourth-order valence-corrected chi connectivity index (χ4v) is 1.32. The van der Waals surface area contributed by atoms with Crippen molar-refractivity contribution in [3.8, 4) is 11.5 Å². The van der Waals surface area contributed by atoms with Crippen LogP contribution in [0.3, 0.4) is 0 Å². The summed E-state index contributed by atoms with van der Waals surface area (Å²) in [7, 11) is 0. The van der Waals surface area contributed by atoms with E-state index in [-0.39, 0.29) is 12.7 Å². The van der Waals surface area contributed by atoms with Crippen molar-refractivity contribution in [1.82, 2.24) is 0 Å². The van der Waals surface area contributed by atoms with E-state index in [1.165, 1.54) is 0 Å². The van der Waals surface area contributed by atoms with Crippen LogP contribution in [0.1, 0.15) is 19.4 Å². The summed E-state index contributed by atoms with van der Waals surface area (Å²) >= 11 is 0. The quantitative estimate of drug-likeness (QED) is 0.752. The zero-order chi connectivity index (χ0) is 12.0. The predicted molar refractivity (Wildman–Crippen MR) is 63.8 cm³/mol. The Morgan fingerprint density at radius 1 is 1.50 bits per heavy atom. The minimum Gasteiger partial charge on any atom is -0.490 e. The zero-order valence-electron chi connectivity index (χ0n) is 9.77. The third kappa shape index (κ3) is 3.00. The van der Waals surface area contributed by atoms with Crippen LogP contribution in [0.5, 0.6) is 11.5 Å². The van der Waals surface area contributed by atoms with Crippen molar-refractivity contribution in [3.63, 3.8) is 0 Å². The fourth-order valence-electron chi connectivity index (χ4n) is 1.32. The molecule has 1 rings (SSSR count). The van der Waals surface area contributed by atoms with Gasteiger partial charge in [0.1, 0.15) is 6.10 Å². The molecule has 3 nitrogen and oxygen atoms in total. The Hall–Kier alpha value is -1.48. The Morgan fingerprint density at radius 2 is 2.25 bits per heavy atom. The lowest BCUT2D eigenvalue weighted by atomic mass is 10.2. The molecule has 0 saturated heterocycles. The highest BCUT2D eigenvalue weighted by Crippen LogP contribution is 2.32. The van der Waals surface area contributed by atoms with Crippen LogP contribution >= 0.6 is 0 Å². The maximum atomic E-state index is 9.24. The van der Waals surface area contributed by atoms with Gasteiger partial charge in [0, 0.05) is 5.56 Å².